The Kier molecular flexibility index (Phi) is 3.63. The standard InChI is InChI=1S/C13H17N3O4S2/c1-8-6-11(9(2)21-8)22(18,19)16-5-4-13(17,7-16)12-14-10(3)15-20-12/h6,17H,4-5,7H2,1-3H3/t13-/m0/s1. The van der Waals surface area contributed by atoms with Crippen LogP contribution in [-0.2, 0) is 15.6 Å². The first kappa shape index (κ1) is 15.6. The molecule has 0 bridgehead atoms. The lowest BCUT2D eigenvalue weighted by Gasteiger charge is -2.19. The number of hydrogen-bond donors (Lipinski definition) is 1. The van der Waals surface area contributed by atoms with Crippen molar-refractivity contribution in [1.29, 1.82) is 0 Å². The Hall–Kier alpha value is -1.29. The molecule has 2 aromatic rings. The van der Waals surface area contributed by atoms with E-state index in [-0.39, 0.29) is 25.4 Å². The van der Waals surface area contributed by atoms with Crippen LogP contribution in [-0.4, -0.2) is 41.1 Å². The monoisotopic (exact) mass is 343 g/mol. The molecule has 0 unspecified atom stereocenters. The van der Waals surface area contributed by atoms with Gasteiger partial charge in [-0.1, -0.05) is 5.16 Å². The number of rotatable bonds is 3. The first-order valence-corrected chi connectivity index (χ1v) is 9.08. The summed E-state index contributed by atoms with van der Waals surface area (Å²) in [4.78, 5) is 6.03. The fourth-order valence-electron chi connectivity index (χ4n) is 2.63. The molecule has 1 aliphatic heterocycles. The van der Waals surface area contributed by atoms with E-state index in [2.05, 4.69) is 10.1 Å². The normalized spacial score (nSPS) is 23.3. The van der Waals surface area contributed by atoms with E-state index in [0.29, 0.717) is 10.7 Å². The Morgan fingerprint density at radius 1 is 1.41 bits per heavy atom. The number of hydrogen-bond acceptors (Lipinski definition) is 7. The summed E-state index contributed by atoms with van der Waals surface area (Å²) in [7, 11) is -3.63. The maximum atomic E-state index is 12.7. The van der Waals surface area contributed by atoms with Gasteiger partial charge in [-0.3, -0.25) is 0 Å². The van der Waals surface area contributed by atoms with Crippen LogP contribution in [0.1, 0.15) is 27.9 Å². The Morgan fingerprint density at radius 2 is 2.14 bits per heavy atom. The van der Waals surface area contributed by atoms with E-state index in [1.165, 1.54) is 15.6 Å². The summed E-state index contributed by atoms with van der Waals surface area (Å²) in [5.74, 6) is 0.481. The highest BCUT2D eigenvalue weighted by molar-refractivity contribution is 7.89. The van der Waals surface area contributed by atoms with Crippen molar-refractivity contribution >= 4 is 21.4 Å². The number of aryl methyl sites for hydroxylation is 3. The van der Waals surface area contributed by atoms with Gasteiger partial charge in [0.2, 0.25) is 10.0 Å². The predicted octanol–water partition coefficient (Wildman–Crippen LogP) is 1.34. The molecule has 1 saturated heterocycles. The summed E-state index contributed by atoms with van der Waals surface area (Å²) >= 11 is 1.45. The fraction of sp³-hybridized carbons (Fsp3) is 0.538. The van der Waals surface area contributed by atoms with E-state index in [1.54, 1.807) is 19.9 Å². The fourth-order valence-corrected chi connectivity index (χ4v) is 5.65. The molecular formula is C13H17N3O4S2. The molecule has 0 aliphatic carbocycles. The maximum Gasteiger partial charge on any atom is 0.260 e. The molecule has 3 heterocycles. The quantitative estimate of drug-likeness (QED) is 0.903. The number of sulfonamides is 1. The van der Waals surface area contributed by atoms with Gasteiger partial charge in [-0.15, -0.1) is 11.3 Å². The van der Waals surface area contributed by atoms with Gasteiger partial charge in [0, 0.05) is 22.7 Å². The van der Waals surface area contributed by atoms with Crippen molar-refractivity contribution in [3.05, 3.63) is 27.5 Å². The Morgan fingerprint density at radius 3 is 2.68 bits per heavy atom. The number of thiophene rings is 1. The molecule has 1 aliphatic rings. The van der Waals surface area contributed by atoms with Crippen LogP contribution in [0.3, 0.4) is 0 Å². The van der Waals surface area contributed by atoms with Gasteiger partial charge in [-0.2, -0.15) is 9.29 Å². The van der Waals surface area contributed by atoms with E-state index in [4.69, 9.17) is 4.52 Å². The van der Waals surface area contributed by atoms with E-state index < -0.39 is 15.6 Å². The lowest BCUT2D eigenvalue weighted by atomic mass is 10.0. The van der Waals surface area contributed by atoms with Gasteiger partial charge in [0.05, 0.1) is 11.4 Å². The maximum absolute atomic E-state index is 12.7. The molecule has 7 nitrogen and oxygen atoms in total. The summed E-state index contributed by atoms with van der Waals surface area (Å²) in [5.41, 5.74) is -1.42. The van der Waals surface area contributed by atoms with Gasteiger partial charge in [-0.25, -0.2) is 8.42 Å². The van der Waals surface area contributed by atoms with Crippen molar-refractivity contribution in [3.63, 3.8) is 0 Å². The summed E-state index contributed by atoms with van der Waals surface area (Å²) in [6, 6.07) is 1.67. The summed E-state index contributed by atoms with van der Waals surface area (Å²) in [5, 5.41) is 14.3. The molecule has 1 atom stereocenters. The highest BCUT2D eigenvalue weighted by Crippen LogP contribution is 2.36. The van der Waals surface area contributed by atoms with Crippen LogP contribution >= 0.6 is 11.3 Å². The predicted molar refractivity (Wildman–Crippen MR) is 80.1 cm³/mol. The van der Waals surface area contributed by atoms with Crippen molar-refractivity contribution in [2.24, 2.45) is 0 Å². The van der Waals surface area contributed by atoms with Crippen LogP contribution < -0.4 is 0 Å². The van der Waals surface area contributed by atoms with Gasteiger partial charge >= 0.3 is 0 Å². The Labute approximate surface area is 132 Å². The molecule has 3 rings (SSSR count). The third-order valence-corrected chi connectivity index (χ3v) is 6.82. The molecule has 0 spiro atoms. The van der Waals surface area contributed by atoms with E-state index in [0.717, 1.165) is 9.75 Å². The summed E-state index contributed by atoms with van der Waals surface area (Å²) in [6.07, 6.45) is 0.232. The van der Waals surface area contributed by atoms with Crippen LogP contribution in [0.15, 0.2) is 15.5 Å². The average Bonchev–Trinajstić information content (AvgIpc) is 3.10. The highest BCUT2D eigenvalue weighted by atomic mass is 32.2. The minimum Gasteiger partial charge on any atom is -0.379 e. The largest absolute Gasteiger partial charge is 0.379 e. The second-order valence-corrected chi connectivity index (χ2v) is 8.91. The molecule has 0 saturated carbocycles. The molecule has 0 aromatic carbocycles. The van der Waals surface area contributed by atoms with Crippen LogP contribution in [0.25, 0.3) is 0 Å². The van der Waals surface area contributed by atoms with Crippen molar-refractivity contribution < 1.29 is 18.0 Å². The summed E-state index contributed by atoms with van der Waals surface area (Å²) < 4.78 is 31.8. The second-order valence-electron chi connectivity index (χ2n) is 5.54. The van der Waals surface area contributed by atoms with Crippen molar-refractivity contribution in [2.45, 2.75) is 37.7 Å². The zero-order chi connectivity index (χ0) is 16.1. The van der Waals surface area contributed by atoms with Crippen LogP contribution in [0.5, 0.6) is 0 Å². The van der Waals surface area contributed by atoms with Gasteiger partial charge in [0.25, 0.3) is 5.89 Å². The molecule has 9 heteroatoms. The second kappa shape index (κ2) is 5.12. The third-order valence-electron chi connectivity index (χ3n) is 3.75. The third kappa shape index (κ3) is 2.47. The number of aliphatic hydroxyl groups is 1. The van der Waals surface area contributed by atoms with Crippen LogP contribution in [0.4, 0.5) is 0 Å². The van der Waals surface area contributed by atoms with Gasteiger partial charge in [0.1, 0.15) is 0 Å². The first-order chi connectivity index (χ1) is 10.2. The topological polar surface area (TPSA) is 96.5 Å². The first-order valence-electron chi connectivity index (χ1n) is 6.83. The van der Waals surface area contributed by atoms with E-state index >= 15 is 0 Å². The van der Waals surface area contributed by atoms with Crippen LogP contribution in [0, 0.1) is 20.8 Å². The molecule has 1 N–H and O–H groups in total. The number of β-amino-alcohol motifs (C(OH)–C–C–N with tert-alkyl or cyclic N) is 1. The highest BCUT2D eigenvalue weighted by Gasteiger charge is 2.47. The zero-order valence-corrected chi connectivity index (χ0v) is 14.2. The molecule has 0 radical (unpaired) electrons. The molecule has 2 aromatic heterocycles. The zero-order valence-electron chi connectivity index (χ0n) is 12.5. The lowest BCUT2D eigenvalue weighted by molar-refractivity contribution is 0.0194. The molecule has 22 heavy (non-hydrogen) atoms. The van der Waals surface area contributed by atoms with Crippen LogP contribution in [0.2, 0.25) is 0 Å². The minimum atomic E-state index is -3.63. The summed E-state index contributed by atoms with van der Waals surface area (Å²) in [6.45, 7) is 5.45. The average molecular weight is 343 g/mol. The van der Waals surface area contributed by atoms with Gasteiger partial charge < -0.3 is 9.63 Å². The van der Waals surface area contributed by atoms with Crippen molar-refractivity contribution in [3.8, 4) is 0 Å². The van der Waals surface area contributed by atoms with E-state index in [9.17, 15) is 13.5 Å². The number of aromatic nitrogens is 2. The molecule has 120 valence electrons. The van der Waals surface area contributed by atoms with Crippen molar-refractivity contribution in [1.82, 2.24) is 14.4 Å². The smallest absolute Gasteiger partial charge is 0.260 e. The van der Waals surface area contributed by atoms with Gasteiger partial charge in [-0.05, 0) is 26.8 Å². The lowest BCUT2D eigenvalue weighted by Crippen LogP contribution is -2.34. The van der Waals surface area contributed by atoms with Gasteiger partial charge in [0.15, 0.2) is 11.4 Å². The molecular weight excluding hydrogens is 326 g/mol. The molecule has 0 amide bonds. The Balaban J connectivity index is 1.90. The number of nitrogens with zero attached hydrogens (tertiary/aromatic N) is 3. The SMILES string of the molecule is Cc1noc([C@]2(O)CCN(S(=O)(=O)c3cc(C)sc3C)C2)n1. The Bertz CT molecular complexity index is 811. The van der Waals surface area contributed by atoms with E-state index in [1.807, 2.05) is 6.92 Å². The molecule has 1 fully saturated rings. The minimum absolute atomic E-state index is 0.0703. The van der Waals surface area contributed by atoms with Crippen molar-refractivity contribution in [2.75, 3.05) is 13.1 Å².